The third kappa shape index (κ3) is 1.46. The highest BCUT2D eigenvalue weighted by molar-refractivity contribution is 5.84. The quantitative estimate of drug-likeness (QED) is 0.642. The molecule has 2 fully saturated rings. The molecule has 0 aromatic heterocycles. The van der Waals surface area contributed by atoms with Crippen molar-refractivity contribution >= 4 is 12.0 Å². The summed E-state index contributed by atoms with van der Waals surface area (Å²) in [6, 6.07) is -0.832. The zero-order valence-electron chi connectivity index (χ0n) is 7.19. The van der Waals surface area contributed by atoms with E-state index in [9.17, 15) is 9.59 Å². The molecule has 2 aliphatic rings. The highest BCUT2D eigenvalue weighted by atomic mass is 16.4. The van der Waals surface area contributed by atoms with Crippen LogP contribution in [0.3, 0.4) is 0 Å². The summed E-state index contributed by atoms with van der Waals surface area (Å²) >= 11 is 0. The predicted molar refractivity (Wildman–Crippen MR) is 44.3 cm³/mol. The van der Waals surface area contributed by atoms with Crippen LogP contribution in [0.4, 0.5) is 4.79 Å². The Morgan fingerprint density at radius 2 is 2.31 bits per heavy atom. The molecule has 72 valence electrons. The number of rotatable bonds is 3. The number of carboxylic acids is 1. The standard InChI is InChI=1S/C8H12N2O3/c11-7(12)6(5-1-2-5)10-4-3-9-8(10)13/h5-6H,1-4H2,(H,9,13)(H,11,12). The first-order valence-corrected chi connectivity index (χ1v) is 4.47. The van der Waals surface area contributed by atoms with Gasteiger partial charge >= 0.3 is 12.0 Å². The Morgan fingerprint density at radius 1 is 1.62 bits per heavy atom. The van der Waals surface area contributed by atoms with Gasteiger partial charge in [-0.3, -0.25) is 0 Å². The number of carboxylic acid groups (broad SMARTS) is 1. The topological polar surface area (TPSA) is 69.6 Å². The second-order valence-electron chi connectivity index (χ2n) is 3.55. The van der Waals surface area contributed by atoms with Gasteiger partial charge in [0.05, 0.1) is 0 Å². The summed E-state index contributed by atoms with van der Waals surface area (Å²) in [5, 5.41) is 11.6. The molecule has 0 spiro atoms. The Kier molecular flexibility index (Phi) is 1.86. The maximum absolute atomic E-state index is 11.2. The summed E-state index contributed by atoms with van der Waals surface area (Å²) in [5.74, 6) is -0.694. The van der Waals surface area contributed by atoms with Gasteiger partial charge in [0.15, 0.2) is 0 Å². The number of amides is 2. The van der Waals surface area contributed by atoms with Gasteiger partial charge in [-0.2, -0.15) is 0 Å². The number of hydrogen-bond acceptors (Lipinski definition) is 2. The molecule has 13 heavy (non-hydrogen) atoms. The van der Waals surface area contributed by atoms with Crippen LogP contribution in [0.2, 0.25) is 0 Å². The van der Waals surface area contributed by atoms with Gasteiger partial charge in [-0.25, -0.2) is 9.59 Å². The van der Waals surface area contributed by atoms with E-state index < -0.39 is 12.0 Å². The molecular weight excluding hydrogens is 172 g/mol. The van der Waals surface area contributed by atoms with Crippen LogP contribution in [-0.4, -0.2) is 41.1 Å². The molecular formula is C8H12N2O3. The van der Waals surface area contributed by atoms with Crippen LogP contribution in [0, 0.1) is 5.92 Å². The lowest BCUT2D eigenvalue weighted by Gasteiger charge is -2.22. The van der Waals surface area contributed by atoms with Gasteiger partial charge in [0.25, 0.3) is 0 Å². The summed E-state index contributed by atoms with van der Waals surface area (Å²) in [4.78, 5) is 23.5. The molecule has 1 aliphatic heterocycles. The van der Waals surface area contributed by atoms with Crippen LogP contribution in [0.25, 0.3) is 0 Å². The number of carbonyl (C=O) groups excluding carboxylic acids is 1. The van der Waals surface area contributed by atoms with Crippen molar-refractivity contribution in [1.82, 2.24) is 10.2 Å². The van der Waals surface area contributed by atoms with Crippen molar-refractivity contribution in [3.63, 3.8) is 0 Å². The van der Waals surface area contributed by atoms with E-state index in [0.29, 0.717) is 13.1 Å². The first kappa shape index (κ1) is 8.34. The van der Waals surface area contributed by atoms with Crippen LogP contribution in [0.5, 0.6) is 0 Å². The van der Waals surface area contributed by atoms with Gasteiger partial charge in [-0.15, -0.1) is 0 Å². The monoisotopic (exact) mass is 184 g/mol. The van der Waals surface area contributed by atoms with Crippen LogP contribution in [-0.2, 0) is 4.79 Å². The molecule has 0 radical (unpaired) electrons. The number of aliphatic carboxylic acids is 1. The molecule has 0 aromatic rings. The summed E-state index contributed by atoms with van der Waals surface area (Å²) in [6.45, 7) is 1.08. The number of nitrogens with zero attached hydrogens (tertiary/aromatic N) is 1. The second kappa shape index (κ2) is 2.90. The van der Waals surface area contributed by atoms with Gasteiger partial charge in [-0.05, 0) is 18.8 Å². The molecule has 5 nitrogen and oxygen atoms in total. The van der Waals surface area contributed by atoms with Crippen LogP contribution >= 0.6 is 0 Å². The Bertz CT molecular complexity index is 250. The van der Waals surface area contributed by atoms with Crippen LogP contribution < -0.4 is 5.32 Å². The minimum Gasteiger partial charge on any atom is -0.480 e. The highest BCUT2D eigenvalue weighted by Gasteiger charge is 2.43. The first-order chi connectivity index (χ1) is 6.20. The second-order valence-corrected chi connectivity index (χ2v) is 3.55. The lowest BCUT2D eigenvalue weighted by molar-refractivity contribution is -0.142. The summed E-state index contributed by atoms with van der Waals surface area (Å²) in [6.07, 6.45) is 1.86. The molecule has 0 aromatic carbocycles. The fourth-order valence-electron chi connectivity index (χ4n) is 1.75. The van der Waals surface area contributed by atoms with E-state index in [-0.39, 0.29) is 11.9 Å². The Balaban J connectivity index is 2.09. The van der Waals surface area contributed by atoms with Crippen LogP contribution in [0.15, 0.2) is 0 Å². The Hall–Kier alpha value is -1.26. The van der Waals surface area contributed by atoms with E-state index in [1.807, 2.05) is 0 Å². The maximum atomic E-state index is 11.2. The van der Waals surface area contributed by atoms with E-state index in [1.165, 1.54) is 4.90 Å². The number of nitrogens with one attached hydrogen (secondary N) is 1. The van der Waals surface area contributed by atoms with Gasteiger partial charge in [0.1, 0.15) is 6.04 Å². The maximum Gasteiger partial charge on any atom is 0.326 e. The molecule has 1 heterocycles. The number of urea groups is 1. The molecule has 2 N–H and O–H groups in total. The van der Waals surface area contributed by atoms with Crippen LogP contribution in [0.1, 0.15) is 12.8 Å². The van der Waals surface area contributed by atoms with E-state index in [4.69, 9.17) is 5.11 Å². The van der Waals surface area contributed by atoms with Crippen molar-refractivity contribution < 1.29 is 14.7 Å². The Labute approximate surface area is 75.7 Å². The van der Waals surface area contributed by atoms with Crippen molar-refractivity contribution in [2.75, 3.05) is 13.1 Å². The molecule has 2 rings (SSSR count). The van der Waals surface area contributed by atoms with E-state index in [2.05, 4.69) is 5.32 Å². The van der Waals surface area contributed by atoms with Crippen molar-refractivity contribution in [2.24, 2.45) is 5.92 Å². The lowest BCUT2D eigenvalue weighted by atomic mass is 10.1. The number of hydrogen-bond donors (Lipinski definition) is 2. The lowest BCUT2D eigenvalue weighted by Crippen LogP contribution is -2.44. The molecule has 1 aliphatic carbocycles. The summed E-state index contributed by atoms with van der Waals surface area (Å²) < 4.78 is 0. The summed E-state index contributed by atoms with van der Waals surface area (Å²) in [7, 11) is 0. The molecule has 2 amide bonds. The Morgan fingerprint density at radius 3 is 2.69 bits per heavy atom. The van der Waals surface area contributed by atoms with Crippen molar-refractivity contribution in [1.29, 1.82) is 0 Å². The fourth-order valence-corrected chi connectivity index (χ4v) is 1.75. The zero-order chi connectivity index (χ0) is 9.42. The molecule has 5 heteroatoms. The van der Waals surface area contributed by atoms with Gasteiger partial charge in [0.2, 0.25) is 0 Å². The van der Waals surface area contributed by atoms with E-state index >= 15 is 0 Å². The van der Waals surface area contributed by atoms with Crippen molar-refractivity contribution in [3.8, 4) is 0 Å². The largest absolute Gasteiger partial charge is 0.480 e. The number of carbonyl (C=O) groups is 2. The van der Waals surface area contributed by atoms with Gasteiger partial charge in [-0.1, -0.05) is 0 Å². The third-order valence-electron chi connectivity index (χ3n) is 2.55. The zero-order valence-corrected chi connectivity index (χ0v) is 7.19. The normalized spacial score (nSPS) is 24.3. The van der Waals surface area contributed by atoms with Crippen molar-refractivity contribution in [3.05, 3.63) is 0 Å². The smallest absolute Gasteiger partial charge is 0.326 e. The van der Waals surface area contributed by atoms with E-state index in [1.54, 1.807) is 0 Å². The minimum atomic E-state index is -0.875. The molecule has 1 saturated carbocycles. The third-order valence-corrected chi connectivity index (χ3v) is 2.55. The van der Waals surface area contributed by atoms with E-state index in [0.717, 1.165) is 12.8 Å². The predicted octanol–water partition coefficient (Wildman–Crippen LogP) is -0.125. The SMILES string of the molecule is O=C(O)C(C1CC1)N1CCNC1=O. The summed E-state index contributed by atoms with van der Waals surface area (Å²) in [5.41, 5.74) is 0. The fraction of sp³-hybridized carbons (Fsp3) is 0.750. The van der Waals surface area contributed by atoms with Gasteiger partial charge < -0.3 is 15.3 Å². The average Bonchev–Trinajstić information content (AvgIpc) is 2.78. The average molecular weight is 184 g/mol. The highest BCUT2D eigenvalue weighted by Crippen LogP contribution is 2.35. The molecule has 1 saturated heterocycles. The molecule has 1 atom stereocenters. The van der Waals surface area contributed by atoms with Gasteiger partial charge in [0, 0.05) is 13.1 Å². The molecule has 0 bridgehead atoms. The first-order valence-electron chi connectivity index (χ1n) is 4.47. The minimum absolute atomic E-state index is 0.182. The van der Waals surface area contributed by atoms with Crippen molar-refractivity contribution in [2.45, 2.75) is 18.9 Å². The molecule has 1 unspecified atom stereocenters.